The van der Waals surface area contributed by atoms with Crippen molar-refractivity contribution in [2.45, 2.75) is 38.5 Å². The molecule has 0 amide bonds. The summed E-state index contributed by atoms with van der Waals surface area (Å²) in [5, 5.41) is 0.655. The third kappa shape index (κ3) is 3.81. The molecule has 3 heteroatoms. The first kappa shape index (κ1) is 12.6. The second-order valence-corrected chi connectivity index (χ2v) is 5.26. The lowest BCUT2D eigenvalue weighted by atomic mass is 9.87. The molecule has 0 bridgehead atoms. The number of ether oxygens (including phenoxy) is 1. The highest BCUT2D eigenvalue weighted by molar-refractivity contribution is 6.30. The van der Waals surface area contributed by atoms with Crippen LogP contribution in [0.2, 0.25) is 5.02 Å². The maximum atomic E-state index is 5.84. The second-order valence-electron chi connectivity index (χ2n) is 4.82. The smallest absolute Gasteiger partial charge is 0.142 e. The molecule has 0 radical (unpaired) electrons. The van der Waals surface area contributed by atoms with E-state index in [1.165, 1.54) is 32.1 Å². The van der Waals surface area contributed by atoms with E-state index >= 15 is 0 Å². The Hall–Kier alpha value is -0.890. The van der Waals surface area contributed by atoms with Crippen molar-refractivity contribution >= 4 is 17.3 Å². The van der Waals surface area contributed by atoms with Gasteiger partial charge in [0.15, 0.2) is 0 Å². The lowest BCUT2D eigenvalue weighted by Crippen LogP contribution is -2.11. The van der Waals surface area contributed by atoms with Gasteiger partial charge in [-0.05, 0) is 30.5 Å². The van der Waals surface area contributed by atoms with Gasteiger partial charge >= 0.3 is 0 Å². The van der Waals surface area contributed by atoms with Crippen molar-refractivity contribution in [2.24, 2.45) is 5.92 Å². The van der Waals surface area contributed by atoms with E-state index in [4.69, 9.17) is 22.1 Å². The average molecular weight is 254 g/mol. The van der Waals surface area contributed by atoms with Gasteiger partial charge in [0.25, 0.3) is 0 Å². The zero-order valence-corrected chi connectivity index (χ0v) is 10.9. The minimum Gasteiger partial charge on any atom is -0.491 e. The minimum absolute atomic E-state index is 0.626. The molecule has 0 aliphatic heterocycles. The summed E-state index contributed by atoms with van der Waals surface area (Å²) in [6, 6.07) is 5.39. The van der Waals surface area contributed by atoms with Crippen LogP contribution in [0.4, 0.5) is 5.69 Å². The molecule has 1 fully saturated rings. The molecule has 1 aliphatic carbocycles. The van der Waals surface area contributed by atoms with Gasteiger partial charge in [0.05, 0.1) is 12.3 Å². The third-order valence-electron chi connectivity index (χ3n) is 3.48. The van der Waals surface area contributed by atoms with Crippen LogP contribution in [-0.4, -0.2) is 6.61 Å². The standard InChI is InChI=1S/C14H20ClNO/c15-12-6-7-14(13(16)10-12)17-9-8-11-4-2-1-3-5-11/h6-7,10-11H,1-5,8-9,16H2. The summed E-state index contributed by atoms with van der Waals surface area (Å²) in [4.78, 5) is 0. The summed E-state index contributed by atoms with van der Waals surface area (Å²) in [6.45, 7) is 0.760. The van der Waals surface area contributed by atoms with Crippen LogP contribution in [-0.2, 0) is 0 Å². The fraction of sp³-hybridized carbons (Fsp3) is 0.571. The highest BCUT2D eigenvalue weighted by Crippen LogP contribution is 2.28. The van der Waals surface area contributed by atoms with Gasteiger partial charge in [-0.15, -0.1) is 0 Å². The molecular weight excluding hydrogens is 234 g/mol. The first-order valence-electron chi connectivity index (χ1n) is 6.43. The zero-order valence-electron chi connectivity index (χ0n) is 10.1. The van der Waals surface area contributed by atoms with Gasteiger partial charge < -0.3 is 10.5 Å². The molecule has 1 aromatic carbocycles. The van der Waals surface area contributed by atoms with Crippen LogP contribution in [0, 0.1) is 5.92 Å². The molecule has 2 N–H and O–H groups in total. The number of anilines is 1. The van der Waals surface area contributed by atoms with Gasteiger partial charge in [-0.25, -0.2) is 0 Å². The molecule has 2 nitrogen and oxygen atoms in total. The fourth-order valence-electron chi connectivity index (χ4n) is 2.46. The summed E-state index contributed by atoms with van der Waals surface area (Å²) in [7, 11) is 0. The lowest BCUT2D eigenvalue weighted by molar-refractivity contribution is 0.247. The van der Waals surface area contributed by atoms with Crippen LogP contribution < -0.4 is 10.5 Å². The summed E-state index contributed by atoms with van der Waals surface area (Å²) >= 11 is 5.84. The van der Waals surface area contributed by atoms with Crippen molar-refractivity contribution < 1.29 is 4.74 Å². The number of hydrogen-bond donors (Lipinski definition) is 1. The van der Waals surface area contributed by atoms with Crippen molar-refractivity contribution in [1.82, 2.24) is 0 Å². The first-order chi connectivity index (χ1) is 8.25. The Bertz CT molecular complexity index is 361. The largest absolute Gasteiger partial charge is 0.491 e. The van der Waals surface area contributed by atoms with Crippen LogP contribution >= 0.6 is 11.6 Å². The summed E-state index contributed by atoms with van der Waals surface area (Å²) in [5.74, 6) is 1.60. The van der Waals surface area contributed by atoms with Gasteiger partial charge in [-0.2, -0.15) is 0 Å². The molecule has 0 saturated heterocycles. The van der Waals surface area contributed by atoms with Crippen molar-refractivity contribution in [3.63, 3.8) is 0 Å². The second kappa shape index (κ2) is 6.15. The number of hydrogen-bond acceptors (Lipinski definition) is 2. The summed E-state index contributed by atoms with van der Waals surface area (Å²) < 4.78 is 5.71. The predicted molar refractivity (Wildman–Crippen MR) is 72.6 cm³/mol. The van der Waals surface area contributed by atoms with Crippen LogP contribution in [0.15, 0.2) is 18.2 Å². The number of benzene rings is 1. The molecule has 1 saturated carbocycles. The van der Waals surface area contributed by atoms with E-state index in [0.29, 0.717) is 10.7 Å². The quantitative estimate of drug-likeness (QED) is 0.814. The molecule has 2 rings (SSSR count). The average Bonchev–Trinajstić information content (AvgIpc) is 2.33. The predicted octanol–water partition coefficient (Wildman–Crippen LogP) is 4.27. The maximum Gasteiger partial charge on any atom is 0.142 e. The molecular formula is C14H20ClNO. The van der Waals surface area contributed by atoms with E-state index in [-0.39, 0.29) is 0 Å². The highest BCUT2D eigenvalue weighted by atomic mass is 35.5. The zero-order chi connectivity index (χ0) is 12.1. The van der Waals surface area contributed by atoms with E-state index in [2.05, 4.69) is 0 Å². The SMILES string of the molecule is Nc1cc(Cl)ccc1OCCC1CCCCC1. The molecule has 17 heavy (non-hydrogen) atoms. The normalized spacial score (nSPS) is 17.0. The fourth-order valence-corrected chi connectivity index (χ4v) is 2.64. The van der Waals surface area contributed by atoms with E-state index in [9.17, 15) is 0 Å². The van der Waals surface area contributed by atoms with Gasteiger partial charge in [-0.3, -0.25) is 0 Å². The first-order valence-corrected chi connectivity index (χ1v) is 6.81. The molecule has 1 aliphatic rings. The van der Waals surface area contributed by atoms with Gasteiger partial charge in [0.1, 0.15) is 5.75 Å². The number of nitrogen functional groups attached to an aromatic ring is 1. The number of rotatable bonds is 4. The van der Waals surface area contributed by atoms with Crippen LogP contribution in [0.1, 0.15) is 38.5 Å². The molecule has 0 heterocycles. The molecule has 0 aromatic heterocycles. The van der Waals surface area contributed by atoms with Crippen LogP contribution in [0.3, 0.4) is 0 Å². The van der Waals surface area contributed by atoms with Gasteiger partial charge in [-0.1, -0.05) is 43.7 Å². The molecule has 0 spiro atoms. The molecule has 1 aromatic rings. The summed E-state index contributed by atoms with van der Waals surface area (Å²) in [5.41, 5.74) is 6.46. The minimum atomic E-state index is 0.626. The van der Waals surface area contributed by atoms with Gasteiger partial charge in [0.2, 0.25) is 0 Å². The Balaban J connectivity index is 1.77. The number of nitrogens with two attached hydrogens (primary N) is 1. The lowest BCUT2D eigenvalue weighted by Gasteiger charge is -2.21. The molecule has 94 valence electrons. The number of halogens is 1. The van der Waals surface area contributed by atoms with E-state index in [1.54, 1.807) is 6.07 Å². The summed E-state index contributed by atoms with van der Waals surface area (Å²) in [6.07, 6.45) is 8.03. The van der Waals surface area contributed by atoms with Crippen LogP contribution in [0.5, 0.6) is 5.75 Å². The third-order valence-corrected chi connectivity index (χ3v) is 3.72. The topological polar surface area (TPSA) is 35.2 Å². The van der Waals surface area contributed by atoms with E-state index < -0.39 is 0 Å². The Labute approximate surface area is 108 Å². The maximum absolute atomic E-state index is 5.84. The monoisotopic (exact) mass is 253 g/mol. The van der Waals surface area contributed by atoms with Crippen molar-refractivity contribution in [2.75, 3.05) is 12.3 Å². The Morgan fingerprint density at radius 3 is 2.71 bits per heavy atom. The van der Waals surface area contributed by atoms with Crippen molar-refractivity contribution in [3.8, 4) is 5.75 Å². The van der Waals surface area contributed by atoms with Crippen molar-refractivity contribution in [3.05, 3.63) is 23.2 Å². The van der Waals surface area contributed by atoms with Crippen LogP contribution in [0.25, 0.3) is 0 Å². The van der Waals surface area contributed by atoms with Crippen molar-refractivity contribution in [1.29, 1.82) is 0 Å². The Kier molecular flexibility index (Phi) is 4.55. The molecule has 0 atom stereocenters. The molecule has 0 unspecified atom stereocenters. The Morgan fingerprint density at radius 1 is 1.24 bits per heavy atom. The highest BCUT2D eigenvalue weighted by Gasteiger charge is 2.13. The van der Waals surface area contributed by atoms with E-state index in [0.717, 1.165) is 24.7 Å². The van der Waals surface area contributed by atoms with E-state index in [1.807, 2.05) is 12.1 Å². The van der Waals surface area contributed by atoms with Gasteiger partial charge in [0, 0.05) is 5.02 Å². The Morgan fingerprint density at radius 2 is 2.00 bits per heavy atom.